The molecule has 0 aliphatic carbocycles. The van der Waals surface area contributed by atoms with Gasteiger partial charge in [-0.25, -0.2) is 0 Å². The van der Waals surface area contributed by atoms with Gasteiger partial charge in [-0.2, -0.15) is 5.26 Å². The summed E-state index contributed by atoms with van der Waals surface area (Å²) in [5.74, 6) is -0.808. The first-order valence-corrected chi connectivity index (χ1v) is 5.64. The van der Waals surface area contributed by atoms with Crippen molar-refractivity contribution in [3.8, 4) is 6.07 Å². The lowest BCUT2D eigenvalue weighted by molar-refractivity contribution is -0.144. The van der Waals surface area contributed by atoms with Crippen LogP contribution in [0.25, 0.3) is 0 Å². The molecule has 1 aromatic rings. The lowest BCUT2D eigenvalue weighted by Crippen LogP contribution is -2.49. The number of halogens is 1. The molecule has 0 spiro atoms. The molecular formula is C13H15ClN2O2. The predicted molar refractivity (Wildman–Crippen MR) is 69.7 cm³/mol. The van der Waals surface area contributed by atoms with Crippen LogP contribution in [0.4, 0.5) is 0 Å². The van der Waals surface area contributed by atoms with Crippen molar-refractivity contribution in [3.63, 3.8) is 0 Å². The van der Waals surface area contributed by atoms with E-state index in [0.717, 1.165) is 18.5 Å². The first-order valence-electron chi connectivity index (χ1n) is 5.64. The molecule has 1 fully saturated rings. The Morgan fingerprint density at radius 2 is 2.33 bits per heavy atom. The van der Waals surface area contributed by atoms with E-state index in [1.54, 1.807) is 18.2 Å². The second kappa shape index (κ2) is 5.85. The zero-order valence-corrected chi connectivity index (χ0v) is 10.7. The maximum atomic E-state index is 11.4. The molecule has 0 amide bonds. The summed E-state index contributed by atoms with van der Waals surface area (Å²) in [5.41, 5.74) is 0.607. The third kappa shape index (κ3) is 2.81. The van der Waals surface area contributed by atoms with Gasteiger partial charge in [-0.1, -0.05) is 12.1 Å². The summed E-state index contributed by atoms with van der Waals surface area (Å²) in [6.07, 6.45) is 1.95. The first-order chi connectivity index (χ1) is 8.16. The van der Waals surface area contributed by atoms with Gasteiger partial charge in [0.15, 0.2) is 0 Å². The van der Waals surface area contributed by atoms with Crippen LogP contribution in [-0.2, 0) is 11.2 Å². The monoisotopic (exact) mass is 266 g/mol. The van der Waals surface area contributed by atoms with E-state index in [2.05, 4.69) is 11.4 Å². The Kier molecular flexibility index (Phi) is 4.71. The molecule has 18 heavy (non-hydrogen) atoms. The van der Waals surface area contributed by atoms with Gasteiger partial charge in [-0.05, 0) is 37.1 Å². The molecule has 1 unspecified atom stereocenters. The van der Waals surface area contributed by atoms with Crippen LogP contribution in [-0.4, -0.2) is 23.2 Å². The second-order valence-corrected chi connectivity index (χ2v) is 4.41. The molecule has 1 atom stereocenters. The van der Waals surface area contributed by atoms with Crippen molar-refractivity contribution in [2.45, 2.75) is 24.8 Å². The molecule has 5 heteroatoms. The van der Waals surface area contributed by atoms with Crippen molar-refractivity contribution in [2.75, 3.05) is 6.54 Å². The van der Waals surface area contributed by atoms with E-state index in [9.17, 15) is 9.90 Å². The Bertz CT molecular complexity index is 476. The minimum absolute atomic E-state index is 0. The van der Waals surface area contributed by atoms with Gasteiger partial charge in [0.2, 0.25) is 0 Å². The van der Waals surface area contributed by atoms with Gasteiger partial charge in [0.25, 0.3) is 0 Å². The molecule has 4 nitrogen and oxygen atoms in total. The molecule has 0 saturated carbocycles. The SMILES string of the molecule is Cl.N#Cc1cccc(CC2(C(=O)O)CCCN2)c1. The fraction of sp³-hybridized carbons (Fsp3) is 0.385. The van der Waals surface area contributed by atoms with Crippen molar-refractivity contribution >= 4 is 18.4 Å². The van der Waals surface area contributed by atoms with Crippen LogP contribution in [0.2, 0.25) is 0 Å². The lowest BCUT2D eigenvalue weighted by Gasteiger charge is -2.24. The minimum atomic E-state index is -0.853. The number of benzene rings is 1. The number of rotatable bonds is 3. The van der Waals surface area contributed by atoms with Gasteiger partial charge >= 0.3 is 5.97 Å². The standard InChI is InChI=1S/C13H14N2O2.ClH/c14-9-11-4-1-3-10(7-11)8-13(12(16)17)5-2-6-15-13;/h1,3-4,7,15H,2,5-6,8H2,(H,16,17);1H. The Labute approximate surface area is 112 Å². The van der Waals surface area contributed by atoms with Gasteiger partial charge in [-0.3, -0.25) is 4.79 Å². The molecule has 0 bridgehead atoms. The third-order valence-corrected chi connectivity index (χ3v) is 3.22. The van der Waals surface area contributed by atoms with Crippen molar-refractivity contribution in [1.82, 2.24) is 5.32 Å². The average molecular weight is 267 g/mol. The summed E-state index contributed by atoms with van der Waals surface area (Å²) < 4.78 is 0. The van der Waals surface area contributed by atoms with Crippen molar-refractivity contribution in [2.24, 2.45) is 0 Å². The normalized spacial score (nSPS) is 21.9. The Morgan fingerprint density at radius 1 is 1.56 bits per heavy atom. The number of nitriles is 1. The first kappa shape index (κ1) is 14.5. The van der Waals surface area contributed by atoms with E-state index in [1.807, 2.05) is 6.07 Å². The maximum absolute atomic E-state index is 11.4. The summed E-state index contributed by atoms with van der Waals surface area (Å²) >= 11 is 0. The highest BCUT2D eigenvalue weighted by Crippen LogP contribution is 2.24. The summed E-state index contributed by atoms with van der Waals surface area (Å²) in [4.78, 5) is 11.4. The number of carboxylic acid groups (broad SMARTS) is 1. The molecular weight excluding hydrogens is 252 g/mol. The fourth-order valence-electron chi connectivity index (χ4n) is 2.31. The predicted octanol–water partition coefficient (Wildman–Crippen LogP) is 1.73. The van der Waals surface area contributed by atoms with Gasteiger partial charge in [-0.15, -0.1) is 12.4 Å². The van der Waals surface area contributed by atoms with Gasteiger partial charge in [0, 0.05) is 6.42 Å². The number of nitrogens with one attached hydrogen (secondary N) is 1. The van der Waals surface area contributed by atoms with Crippen LogP contribution in [0.5, 0.6) is 0 Å². The van der Waals surface area contributed by atoms with Crippen LogP contribution in [0.3, 0.4) is 0 Å². The highest BCUT2D eigenvalue weighted by molar-refractivity contribution is 5.85. The number of nitrogens with zero attached hydrogens (tertiary/aromatic N) is 1. The fourth-order valence-corrected chi connectivity index (χ4v) is 2.31. The zero-order valence-electron chi connectivity index (χ0n) is 9.85. The highest BCUT2D eigenvalue weighted by atomic mass is 35.5. The van der Waals surface area contributed by atoms with E-state index in [4.69, 9.17) is 5.26 Å². The summed E-state index contributed by atoms with van der Waals surface area (Å²) in [5, 5.41) is 21.2. The summed E-state index contributed by atoms with van der Waals surface area (Å²) in [6, 6.07) is 9.20. The minimum Gasteiger partial charge on any atom is -0.480 e. The molecule has 1 aliphatic rings. The number of carboxylic acids is 1. The maximum Gasteiger partial charge on any atom is 0.324 e. The second-order valence-electron chi connectivity index (χ2n) is 4.41. The number of aliphatic carboxylic acids is 1. The molecule has 2 N–H and O–H groups in total. The molecule has 1 aliphatic heterocycles. The molecule has 1 heterocycles. The van der Waals surface area contributed by atoms with E-state index in [-0.39, 0.29) is 12.4 Å². The number of hydrogen-bond donors (Lipinski definition) is 2. The molecule has 1 aromatic carbocycles. The molecule has 0 aromatic heterocycles. The van der Waals surface area contributed by atoms with Gasteiger partial charge in [0.05, 0.1) is 11.6 Å². The molecule has 2 rings (SSSR count). The van der Waals surface area contributed by atoms with Crippen LogP contribution in [0.1, 0.15) is 24.0 Å². The van der Waals surface area contributed by atoms with Crippen LogP contribution in [0.15, 0.2) is 24.3 Å². The quantitative estimate of drug-likeness (QED) is 0.874. The Morgan fingerprint density at radius 3 is 2.89 bits per heavy atom. The van der Waals surface area contributed by atoms with Crippen molar-refractivity contribution < 1.29 is 9.90 Å². The largest absolute Gasteiger partial charge is 0.480 e. The van der Waals surface area contributed by atoms with E-state index < -0.39 is 11.5 Å². The van der Waals surface area contributed by atoms with Crippen LogP contribution < -0.4 is 5.32 Å². The number of carbonyl (C=O) groups is 1. The van der Waals surface area contributed by atoms with Crippen molar-refractivity contribution in [3.05, 3.63) is 35.4 Å². The zero-order chi connectivity index (χ0) is 12.3. The summed E-state index contributed by atoms with van der Waals surface area (Å²) in [7, 11) is 0. The Hall–Kier alpha value is -1.57. The summed E-state index contributed by atoms with van der Waals surface area (Å²) in [6.45, 7) is 0.740. The number of hydrogen-bond acceptors (Lipinski definition) is 3. The van der Waals surface area contributed by atoms with Gasteiger partial charge in [0.1, 0.15) is 5.54 Å². The van der Waals surface area contributed by atoms with Crippen LogP contribution in [0, 0.1) is 11.3 Å². The molecule has 0 radical (unpaired) electrons. The van der Waals surface area contributed by atoms with E-state index >= 15 is 0 Å². The van der Waals surface area contributed by atoms with E-state index in [0.29, 0.717) is 18.4 Å². The van der Waals surface area contributed by atoms with Crippen molar-refractivity contribution in [1.29, 1.82) is 5.26 Å². The third-order valence-electron chi connectivity index (χ3n) is 3.22. The average Bonchev–Trinajstić information content (AvgIpc) is 2.79. The van der Waals surface area contributed by atoms with Gasteiger partial charge < -0.3 is 10.4 Å². The van der Waals surface area contributed by atoms with Crippen LogP contribution >= 0.6 is 12.4 Å². The Balaban J connectivity index is 0.00000162. The lowest BCUT2D eigenvalue weighted by atomic mass is 9.89. The molecule has 1 saturated heterocycles. The molecule has 96 valence electrons. The van der Waals surface area contributed by atoms with E-state index in [1.165, 1.54) is 0 Å². The topological polar surface area (TPSA) is 73.1 Å². The highest BCUT2D eigenvalue weighted by Gasteiger charge is 2.40. The smallest absolute Gasteiger partial charge is 0.324 e.